The summed E-state index contributed by atoms with van der Waals surface area (Å²) in [5.41, 5.74) is 0.179. The molecule has 0 saturated heterocycles. The van der Waals surface area contributed by atoms with Gasteiger partial charge in [-0.25, -0.2) is 18.0 Å². The molecule has 3 aromatic rings. The molecule has 1 N–H and O–H groups in total. The SMILES string of the molecule is CCCc1cc(=O)oc2cc(OC(C)C(=O)Nc3ccc(F)c(F)c3F)ccc12. The van der Waals surface area contributed by atoms with Crippen molar-refractivity contribution >= 4 is 22.6 Å². The summed E-state index contributed by atoms with van der Waals surface area (Å²) in [5.74, 6) is -5.05. The van der Waals surface area contributed by atoms with Gasteiger partial charge in [0.15, 0.2) is 23.6 Å². The number of nitrogens with one attached hydrogen (secondary N) is 1. The van der Waals surface area contributed by atoms with Gasteiger partial charge >= 0.3 is 5.63 Å². The number of rotatable bonds is 6. The fourth-order valence-corrected chi connectivity index (χ4v) is 2.87. The van der Waals surface area contributed by atoms with E-state index in [0.717, 1.165) is 23.4 Å². The van der Waals surface area contributed by atoms with E-state index in [0.29, 0.717) is 18.1 Å². The molecular formula is C21H18F3NO4. The maximum atomic E-state index is 13.7. The van der Waals surface area contributed by atoms with Gasteiger partial charge in [0.1, 0.15) is 11.3 Å². The third-order valence-corrected chi connectivity index (χ3v) is 4.30. The van der Waals surface area contributed by atoms with Gasteiger partial charge in [-0.3, -0.25) is 4.79 Å². The minimum absolute atomic E-state index is 0.253. The average molecular weight is 405 g/mol. The lowest BCUT2D eigenvalue weighted by molar-refractivity contribution is -0.122. The molecule has 0 aliphatic heterocycles. The van der Waals surface area contributed by atoms with Crippen molar-refractivity contribution in [2.24, 2.45) is 0 Å². The van der Waals surface area contributed by atoms with Gasteiger partial charge in [0.05, 0.1) is 5.69 Å². The monoisotopic (exact) mass is 405 g/mol. The predicted molar refractivity (Wildman–Crippen MR) is 102 cm³/mol. The first-order valence-corrected chi connectivity index (χ1v) is 8.98. The Morgan fingerprint density at radius 3 is 2.62 bits per heavy atom. The highest BCUT2D eigenvalue weighted by Gasteiger charge is 2.20. The summed E-state index contributed by atoms with van der Waals surface area (Å²) in [6, 6.07) is 7.88. The van der Waals surface area contributed by atoms with E-state index in [-0.39, 0.29) is 5.75 Å². The summed E-state index contributed by atoms with van der Waals surface area (Å²) in [6.07, 6.45) is 0.473. The van der Waals surface area contributed by atoms with E-state index in [1.807, 2.05) is 6.92 Å². The number of hydrogen-bond acceptors (Lipinski definition) is 4. The molecule has 2 aromatic carbocycles. The lowest BCUT2D eigenvalue weighted by Crippen LogP contribution is -2.30. The van der Waals surface area contributed by atoms with E-state index in [4.69, 9.17) is 9.15 Å². The summed E-state index contributed by atoms with van der Waals surface area (Å²) in [5, 5.41) is 2.92. The number of anilines is 1. The van der Waals surface area contributed by atoms with Crippen LogP contribution >= 0.6 is 0 Å². The van der Waals surface area contributed by atoms with Crippen LogP contribution in [0.2, 0.25) is 0 Å². The summed E-state index contributed by atoms with van der Waals surface area (Å²) in [6.45, 7) is 3.40. The first-order chi connectivity index (χ1) is 13.8. The number of halogens is 3. The molecule has 3 rings (SSSR count). The average Bonchev–Trinajstić information content (AvgIpc) is 2.68. The number of carbonyl (C=O) groups excluding carboxylic acids is 1. The molecule has 1 heterocycles. The van der Waals surface area contributed by atoms with Crippen molar-refractivity contribution in [2.75, 3.05) is 5.32 Å². The first kappa shape index (κ1) is 20.4. The van der Waals surface area contributed by atoms with Gasteiger partial charge in [0, 0.05) is 17.5 Å². The number of ether oxygens (including phenoxy) is 1. The Morgan fingerprint density at radius 2 is 1.90 bits per heavy atom. The number of amides is 1. The molecule has 0 radical (unpaired) electrons. The van der Waals surface area contributed by atoms with Gasteiger partial charge in [-0.1, -0.05) is 13.3 Å². The fourth-order valence-electron chi connectivity index (χ4n) is 2.87. The third-order valence-electron chi connectivity index (χ3n) is 4.30. The molecule has 1 unspecified atom stereocenters. The molecule has 152 valence electrons. The van der Waals surface area contributed by atoms with Crippen molar-refractivity contribution in [1.29, 1.82) is 0 Å². The van der Waals surface area contributed by atoms with Crippen LogP contribution in [0.4, 0.5) is 18.9 Å². The number of hydrogen-bond donors (Lipinski definition) is 1. The van der Waals surface area contributed by atoms with Crippen LogP contribution in [0.25, 0.3) is 11.0 Å². The topological polar surface area (TPSA) is 68.5 Å². The maximum Gasteiger partial charge on any atom is 0.336 e. The van der Waals surface area contributed by atoms with Gasteiger partial charge in [-0.15, -0.1) is 0 Å². The second-order valence-corrected chi connectivity index (χ2v) is 6.47. The Labute approximate surface area is 164 Å². The van der Waals surface area contributed by atoms with Crippen molar-refractivity contribution in [1.82, 2.24) is 0 Å². The van der Waals surface area contributed by atoms with Crippen molar-refractivity contribution < 1.29 is 27.1 Å². The van der Waals surface area contributed by atoms with E-state index in [2.05, 4.69) is 5.32 Å². The molecule has 0 spiro atoms. The van der Waals surface area contributed by atoms with Crippen LogP contribution in [-0.4, -0.2) is 12.0 Å². The van der Waals surface area contributed by atoms with E-state index >= 15 is 0 Å². The molecular weight excluding hydrogens is 387 g/mol. The number of benzene rings is 2. The first-order valence-electron chi connectivity index (χ1n) is 8.98. The van der Waals surface area contributed by atoms with Crippen LogP contribution in [0, 0.1) is 17.5 Å². The molecule has 0 aliphatic rings. The summed E-state index contributed by atoms with van der Waals surface area (Å²) < 4.78 is 50.7. The summed E-state index contributed by atoms with van der Waals surface area (Å²) >= 11 is 0. The Kier molecular flexibility index (Phi) is 5.91. The minimum atomic E-state index is -1.68. The molecule has 0 fully saturated rings. The molecule has 29 heavy (non-hydrogen) atoms. The zero-order chi connectivity index (χ0) is 21.1. The van der Waals surface area contributed by atoms with E-state index in [1.54, 1.807) is 12.1 Å². The van der Waals surface area contributed by atoms with Crippen LogP contribution in [0.5, 0.6) is 5.75 Å². The second kappa shape index (κ2) is 8.38. The highest BCUT2D eigenvalue weighted by Crippen LogP contribution is 2.25. The van der Waals surface area contributed by atoms with Crippen LogP contribution in [0.15, 0.2) is 45.6 Å². The van der Waals surface area contributed by atoms with Crippen LogP contribution in [0.1, 0.15) is 25.8 Å². The smallest absolute Gasteiger partial charge is 0.336 e. The molecule has 1 aromatic heterocycles. The minimum Gasteiger partial charge on any atom is -0.481 e. The van der Waals surface area contributed by atoms with E-state index < -0.39 is 40.8 Å². The molecule has 8 heteroatoms. The van der Waals surface area contributed by atoms with Crippen molar-refractivity contribution in [3.8, 4) is 5.75 Å². The highest BCUT2D eigenvalue weighted by atomic mass is 19.2. The zero-order valence-electron chi connectivity index (χ0n) is 15.7. The van der Waals surface area contributed by atoms with Crippen molar-refractivity contribution in [3.63, 3.8) is 0 Å². The van der Waals surface area contributed by atoms with Gasteiger partial charge < -0.3 is 14.5 Å². The standard InChI is InChI=1S/C21H18F3NO4/c1-3-4-12-9-18(26)29-17-10-13(5-6-14(12)17)28-11(2)21(27)25-16-8-7-15(22)19(23)20(16)24/h5-11H,3-4H2,1-2H3,(H,25,27). The normalized spacial score (nSPS) is 12.0. The zero-order valence-corrected chi connectivity index (χ0v) is 15.7. The van der Waals surface area contributed by atoms with Crippen LogP contribution in [-0.2, 0) is 11.2 Å². The lowest BCUT2D eigenvalue weighted by Gasteiger charge is -2.15. The Bertz CT molecular complexity index is 1130. The van der Waals surface area contributed by atoms with Gasteiger partial charge in [0.25, 0.3) is 5.91 Å². The molecule has 1 atom stereocenters. The van der Waals surface area contributed by atoms with Crippen LogP contribution in [0.3, 0.4) is 0 Å². The summed E-state index contributed by atoms with van der Waals surface area (Å²) in [4.78, 5) is 24.0. The van der Waals surface area contributed by atoms with Gasteiger partial charge in [-0.2, -0.15) is 0 Å². The van der Waals surface area contributed by atoms with Crippen LogP contribution < -0.4 is 15.7 Å². The molecule has 1 amide bonds. The number of aryl methyl sites for hydroxylation is 1. The maximum absolute atomic E-state index is 13.7. The quantitative estimate of drug-likeness (QED) is 0.482. The number of carbonyl (C=O) groups is 1. The van der Waals surface area contributed by atoms with Crippen molar-refractivity contribution in [2.45, 2.75) is 32.8 Å². The van der Waals surface area contributed by atoms with Gasteiger partial charge in [-0.05, 0) is 43.2 Å². The highest BCUT2D eigenvalue weighted by molar-refractivity contribution is 5.94. The fraction of sp³-hybridized carbons (Fsp3) is 0.238. The molecule has 0 bridgehead atoms. The van der Waals surface area contributed by atoms with E-state index in [9.17, 15) is 22.8 Å². The summed E-state index contributed by atoms with van der Waals surface area (Å²) in [7, 11) is 0. The third kappa shape index (κ3) is 4.42. The number of fused-ring (bicyclic) bond motifs is 1. The van der Waals surface area contributed by atoms with E-state index in [1.165, 1.54) is 19.1 Å². The second-order valence-electron chi connectivity index (χ2n) is 6.47. The lowest BCUT2D eigenvalue weighted by atomic mass is 10.1. The predicted octanol–water partition coefficient (Wildman–Crippen LogP) is 4.57. The largest absolute Gasteiger partial charge is 0.481 e. The van der Waals surface area contributed by atoms with Crippen molar-refractivity contribution in [3.05, 3.63) is 69.8 Å². The molecule has 5 nitrogen and oxygen atoms in total. The Morgan fingerprint density at radius 1 is 1.14 bits per heavy atom. The molecule has 0 aliphatic carbocycles. The van der Waals surface area contributed by atoms with Gasteiger partial charge in [0.2, 0.25) is 0 Å². The Hall–Kier alpha value is -3.29. The molecule has 0 saturated carbocycles. The Balaban J connectivity index is 1.78.